The van der Waals surface area contributed by atoms with Crippen molar-refractivity contribution < 1.29 is 0 Å². The molecule has 2 heteroatoms. The van der Waals surface area contributed by atoms with E-state index in [0.717, 1.165) is 6.54 Å². The van der Waals surface area contributed by atoms with Crippen molar-refractivity contribution in [1.82, 2.24) is 10.2 Å². The standard InChI is InChI=1S/C19H32N2/c1-16(2)19(18-10-6-4-7-11-18)20-14-17(3)15-21-12-8-5-9-13-21/h4,6-7,10-11,16-17,19-20H,5,8-9,12-15H2,1-3H3. The van der Waals surface area contributed by atoms with Crippen molar-refractivity contribution in [2.75, 3.05) is 26.2 Å². The Morgan fingerprint density at radius 1 is 1.00 bits per heavy atom. The zero-order valence-corrected chi connectivity index (χ0v) is 14.0. The number of hydrogen-bond acceptors (Lipinski definition) is 2. The minimum Gasteiger partial charge on any atom is -0.309 e. The highest BCUT2D eigenvalue weighted by Gasteiger charge is 2.18. The minimum atomic E-state index is 0.468. The average molecular weight is 288 g/mol. The molecule has 2 atom stereocenters. The summed E-state index contributed by atoms with van der Waals surface area (Å²) in [5, 5.41) is 3.80. The van der Waals surface area contributed by atoms with Crippen LogP contribution in [0.1, 0.15) is 51.6 Å². The molecule has 1 fully saturated rings. The van der Waals surface area contributed by atoms with Gasteiger partial charge >= 0.3 is 0 Å². The fourth-order valence-electron chi connectivity index (χ4n) is 3.37. The van der Waals surface area contributed by atoms with Crippen LogP contribution in [-0.2, 0) is 0 Å². The smallest absolute Gasteiger partial charge is 0.0343 e. The normalized spacial score (nSPS) is 19.6. The third-order valence-corrected chi connectivity index (χ3v) is 4.53. The number of likely N-dealkylation sites (tertiary alicyclic amines) is 1. The number of benzene rings is 1. The Bertz CT molecular complexity index is 382. The Labute approximate surface area is 130 Å². The van der Waals surface area contributed by atoms with Crippen LogP contribution >= 0.6 is 0 Å². The molecule has 1 saturated heterocycles. The molecule has 0 aliphatic carbocycles. The molecule has 1 aliphatic rings. The molecule has 0 radical (unpaired) electrons. The van der Waals surface area contributed by atoms with Gasteiger partial charge in [0.25, 0.3) is 0 Å². The van der Waals surface area contributed by atoms with Gasteiger partial charge < -0.3 is 10.2 Å². The van der Waals surface area contributed by atoms with Gasteiger partial charge in [-0.3, -0.25) is 0 Å². The summed E-state index contributed by atoms with van der Waals surface area (Å²) in [5.74, 6) is 1.34. The second-order valence-corrected chi connectivity index (χ2v) is 7.01. The first-order valence-electron chi connectivity index (χ1n) is 8.67. The second-order valence-electron chi connectivity index (χ2n) is 7.01. The fraction of sp³-hybridized carbons (Fsp3) is 0.684. The molecule has 1 aromatic rings. The highest BCUT2D eigenvalue weighted by molar-refractivity contribution is 5.19. The van der Waals surface area contributed by atoms with Crippen molar-refractivity contribution >= 4 is 0 Å². The SMILES string of the molecule is CC(CNC(c1ccccc1)C(C)C)CN1CCCCC1. The van der Waals surface area contributed by atoms with Gasteiger partial charge in [0.15, 0.2) is 0 Å². The summed E-state index contributed by atoms with van der Waals surface area (Å²) in [6.45, 7) is 11.9. The van der Waals surface area contributed by atoms with E-state index in [9.17, 15) is 0 Å². The summed E-state index contributed by atoms with van der Waals surface area (Å²) in [4.78, 5) is 2.64. The summed E-state index contributed by atoms with van der Waals surface area (Å²) >= 11 is 0. The molecule has 2 rings (SSSR count). The van der Waals surface area contributed by atoms with Gasteiger partial charge in [0.05, 0.1) is 0 Å². The number of nitrogens with zero attached hydrogens (tertiary/aromatic N) is 1. The van der Waals surface area contributed by atoms with Gasteiger partial charge in [0.1, 0.15) is 0 Å². The van der Waals surface area contributed by atoms with E-state index in [2.05, 4.69) is 61.3 Å². The maximum Gasteiger partial charge on any atom is 0.0343 e. The monoisotopic (exact) mass is 288 g/mol. The Kier molecular flexibility index (Phi) is 6.72. The number of rotatable bonds is 7. The molecule has 2 unspecified atom stereocenters. The zero-order valence-electron chi connectivity index (χ0n) is 14.0. The van der Waals surface area contributed by atoms with Crippen molar-refractivity contribution in [2.45, 2.75) is 46.1 Å². The van der Waals surface area contributed by atoms with Gasteiger partial charge in [0.2, 0.25) is 0 Å². The van der Waals surface area contributed by atoms with Crippen molar-refractivity contribution in [1.29, 1.82) is 0 Å². The lowest BCUT2D eigenvalue weighted by molar-refractivity contribution is 0.195. The van der Waals surface area contributed by atoms with Gasteiger partial charge in [-0.05, 0) is 49.9 Å². The average Bonchev–Trinajstić information content (AvgIpc) is 2.49. The molecular formula is C19H32N2. The number of piperidine rings is 1. The molecule has 1 aromatic carbocycles. The van der Waals surface area contributed by atoms with Crippen LogP contribution in [-0.4, -0.2) is 31.1 Å². The molecule has 0 spiro atoms. The van der Waals surface area contributed by atoms with Crippen molar-refractivity contribution in [3.05, 3.63) is 35.9 Å². The van der Waals surface area contributed by atoms with Crippen LogP contribution in [0.2, 0.25) is 0 Å². The molecule has 1 heterocycles. The van der Waals surface area contributed by atoms with Crippen molar-refractivity contribution in [2.24, 2.45) is 11.8 Å². The highest BCUT2D eigenvalue weighted by atomic mass is 15.1. The summed E-state index contributed by atoms with van der Waals surface area (Å²) in [7, 11) is 0. The lowest BCUT2D eigenvalue weighted by atomic mass is 9.95. The quantitative estimate of drug-likeness (QED) is 0.813. The second kappa shape index (κ2) is 8.55. The first-order chi connectivity index (χ1) is 10.2. The lowest BCUT2D eigenvalue weighted by Gasteiger charge is -2.30. The van der Waals surface area contributed by atoms with Gasteiger partial charge in [-0.25, -0.2) is 0 Å². The maximum atomic E-state index is 3.80. The number of hydrogen-bond donors (Lipinski definition) is 1. The number of nitrogens with one attached hydrogen (secondary N) is 1. The van der Waals surface area contributed by atoms with Gasteiger partial charge in [-0.2, -0.15) is 0 Å². The fourth-order valence-corrected chi connectivity index (χ4v) is 3.37. The van der Waals surface area contributed by atoms with Crippen LogP contribution in [0, 0.1) is 11.8 Å². The van der Waals surface area contributed by atoms with E-state index < -0.39 is 0 Å². The predicted octanol–water partition coefficient (Wildman–Crippen LogP) is 4.10. The van der Waals surface area contributed by atoms with Crippen LogP contribution in [0.15, 0.2) is 30.3 Å². The van der Waals surface area contributed by atoms with E-state index in [1.807, 2.05) is 0 Å². The van der Waals surface area contributed by atoms with Crippen LogP contribution < -0.4 is 5.32 Å². The van der Waals surface area contributed by atoms with E-state index >= 15 is 0 Å². The van der Waals surface area contributed by atoms with Crippen LogP contribution in [0.4, 0.5) is 0 Å². The maximum absolute atomic E-state index is 3.80. The molecule has 118 valence electrons. The van der Waals surface area contributed by atoms with Crippen molar-refractivity contribution in [3.8, 4) is 0 Å². The molecule has 1 N–H and O–H groups in total. The van der Waals surface area contributed by atoms with E-state index in [-0.39, 0.29) is 0 Å². The minimum absolute atomic E-state index is 0.468. The molecular weight excluding hydrogens is 256 g/mol. The summed E-state index contributed by atoms with van der Waals surface area (Å²) in [5.41, 5.74) is 1.41. The van der Waals surface area contributed by atoms with Crippen LogP contribution in [0.5, 0.6) is 0 Å². The Hall–Kier alpha value is -0.860. The highest BCUT2D eigenvalue weighted by Crippen LogP contribution is 2.21. The molecule has 21 heavy (non-hydrogen) atoms. The van der Waals surface area contributed by atoms with Gasteiger partial charge in [0, 0.05) is 12.6 Å². The van der Waals surface area contributed by atoms with E-state index in [1.54, 1.807) is 0 Å². The van der Waals surface area contributed by atoms with E-state index in [0.29, 0.717) is 17.9 Å². The first kappa shape index (κ1) is 16.5. The summed E-state index contributed by atoms with van der Waals surface area (Å²) in [6.07, 6.45) is 4.20. The Morgan fingerprint density at radius 3 is 2.29 bits per heavy atom. The molecule has 0 bridgehead atoms. The topological polar surface area (TPSA) is 15.3 Å². The van der Waals surface area contributed by atoms with Gasteiger partial charge in [-0.15, -0.1) is 0 Å². The van der Waals surface area contributed by atoms with E-state index in [1.165, 1.54) is 44.5 Å². The lowest BCUT2D eigenvalue weighted by Crippen LogP contribution is -2.38. The Morgan fingerprint density at radius 2 is 1.67 bits per heavy atom. The first-order valence-corrected chi connectivity index (χ1v) is 8.67. The third-order valence-electron chi connectivity index (χ3n) is 4.53. The largest absolute Gasteiger partial charge is 0.309 e. The molecule has 2 nitrogen and oxygen atoms in total. The Balaban J connectivity index is 1.81. The molecule has 0 amide bonds. The van der Waals surface area contributed by atoms with Crippen LogP contribution in [0.3, 0.4) is 0 Å². The van der Waals surface area contributed by atoms with Crippen LogP contribution in [0.25, 0.3) is 0 Å². The van der Waals surface area contributed by atoms with E-state index in [4.69, 9.17) is 0 Å². The molecule has 1 aliphatic heterocycles. The zero-order chi connectivity index (χ0) is 15.1. The summed E-state index contributed by atoms with van der Waals surface area (Å²) in [6, 6.07) is 11.3. The third kappa shape index (κ3) is 5.44. The summed E-state index contributed by atoms with van der Waals surface area (Å²) < 4.78 is 0. The molecule has 0 saturated carbocycles. The molecule has 0 aromatic heterocycles. The van der Waals surface area contributed by atoms with Gasteiger partial charge in [-0.1, -0.05) is 57.5 Å². The van der Waals surface area contributed by atoms with Crippen molar-refractivity contribution in [3.63, 3.8) is 0 Å². The predicted molar refractivity (Wildman–Crippen MR) is 91.5 cm³/mol.